The zero-order valence-corrected chi connectivity index (χ0v) is 13.1. The molecule has 3 rings (SSSR count). The fourth-order valence-corrected chi connectivity index (χ4v) is 3.00. The van der Waals surface area contributed by atoms with E-state index in [0.29, 0.717) is 21.8 Å². The summed E-state index contributed by atoms with van der Waals surface area (Å²) >= 11 is 6.40. The fourth-order valence-electron chi connectivity index (χ4n) is 2.74. The Bertz CT molecular complexity index is 730. The molecule has 124 valence electrons. The number of alkyl halides is 3. The lowest BCUT2D eigenvalue weighted by molar-refractivity contribution is -0.274. The summed E-state index contributed by atoms with van der Waals surface area (Å²) in [5.74, 6) is -0.314. The van der Waals surface area contributed by atoms with E-state index in [2.05, 4.69) is 19.9 Å². The first-order chi connectivity index (χ1) is 10.9. The largest absolute Gasteiger partial charge is 0.573 e. The molecular weight excluding hydrogens is 331 g/mol. The van der Waals surface area contributed by atoms with Crippen molar-refractivity contribution in [3.8, 4) is 5.75 Å². The van der Waals surface area contributed by atoms with Crippen LogP contribution >= 0.6 is 11.6 Å². The summed E-state index contributed by atoms with van der Waals surface area (Å²) in [6.45, 7) is 4.71. The second-order valence-corrected chi connectivity index (χ2v) is 5.67. The first kappa shape index (κ1) is 16.1. The lowest BCUT2D eigenvalue weighted by Gasteiger charge is -2.31. The summed E-state index contributed by atoms with van der Waals surface area (Å²) in [5.41, 5.74) is 1.36. The van der Waals surface area contributed by atoms with Crippen molar-refractivity contribution < 1.29 is 17.9 Å². The van der Waals surface area contributed by atoms with Crippen molar-refractivity contribution >= 4 is 28.2 Å². The smallest absolute Gasteiger partial charge is 0.403 e. The van der Waals surface area contributed by atoms with Crippen LogP contribution in [-0.4, -0.2) is 37.5 Å². The summed E-state index contributed by atoms with van der Waals surface area (Å²) in [7, 11) is 0. The summed E-state index contributed by atoms with van der Waals surface area (Å²) < 4.78 is 41.9. The van der Waals surface area contributed by atoms with E-state index in [0.717, 1.165) is 26.2 Å². The zero-order valence-electron chi connectivity index (χ0n) is 12.4. The number of halogens is 4. The molecule has 0 bridgehead atoms. The molecule has 8 heteroatoms. The Morgan fingerprint density at radius 2 is 1.96 bits per heavy atom. The highest BCUT2D eigenvalue weighted by atomic mass is 35.5. The third kappa shape index (κ3) is 3.30. The highest BCUT2D eigenvalue weighted by Gasteiger charge is 2.32. The van der Waals surface area contributed by atoms with E-state index in [1.165, 1.54) is 12.1 Å². The Morgan fingerprint density at radius 1 is 1.26 bits per heavy atom. The van der Waals surface area contributed by atoms with Gasteiger partial charge in [0.25, 0.3) is 0 Å². The summed E-state index contributed by atoms with van der Waals surface area (Å²) in [5, 5.41) is 4.26. The maximum Gasteiger partial charge on any atom is 0.573 e. The standard InChI is InChI=1S/C15H15ClF3N3O/c1-9-12(16)14(22-7-5-20-6-8-22)10-3-2-4-11(13(10)21-9)23-15(17,18)19/h2-4,20H,5-8H2,1H3. The topological polar surface area (TPSA) is 37.4 Å². The van der Waals surface area contributed by atoms with Crippen molar-refractivity contribution in [2.45, 2.75) is 13.3 Å². The van der Waals surface area contributed by atoms with Gasteiger partial charge in [0.15, 0.2) is 5.75 Å². The van der Waals surface area contributed by atoms with Crippen LogP contribution in [0.2, 0.25) is 5.02 Å². The van der Waals surface area contributed by atoms with Crippen LogP contribution in [-0.2, 0) is 0 Å². The Morgan fingerprint density at radius 3 is 2.61 bits per heavy atom. The molecule has 0 aliphatic carbocycles. The van der Waals surface area contributed by atoms with E-state index >= 15 is 0 Å². The summed E-state index contributed by atoms with van der Waals surface area (Å²) in [6, 6.07) is 4.49. The molecular formula is C15H15ClF3N3O. The maximum atomic E-state index is 12.6. The number of piperazine rings is 1. The van der Waals surface area contributed by atoms with Crippen LogP contribution in [0.15, 0.2) is 18.2 Å². The molecule has 4 nitrogen and oxygen atoms in total. The van der Waals surface area contributed by atoms with Gasteiger partial charge in [-0.15, -0.1) is 13.2 Å². The summed E-state index contributed by atoms with van der Waals surface area (Å²) in [4.78, 5) is 6.28. The van der Waals surface area contributed by atoms with Gasteiger partial charge in [0.1, 0.15) is 5.52 Å². The van der Waals surface area contributed by atoms with Crippen LogP contribution in [0.3, 0.4) is 0 Å². The van der Waals surface area contributed by atoms with E-state index in [9.17, 15) is 13.2 Å². The van der Waals surface area contributed by atoms with E-state index in [1.807, 2.05) is 0 Å². The highest BCUT2D eigenvalue weighted by Crippen LogP contribution is 2.39. The molecule has 0 saturated carbocycles. The SMILES string of the molecule is Cc1nc2c(OC(F)(F)F)cccc2c(N2CCNCC2)c1Cl. The van der Waals surface area contributed by atoms with Crippen molar-refractivity contribution in [3.63, 3.8) is 0 Å². The van der Waals surface area contributed by atoms with Gasteiger partial charge in [0.2, 0.25) is 0 Å². The van der Waals surface area contributed by atoms with Crippen LogP contribution in [0.1, 0.15) is 5.69 Å². The van der Waals surface area contributed by atoms with E-state index in [-0.39, 0.29) is 11.3 Å². The number of hydrogen-bond donors (Lipinski definition) is 1. The second kappa shape index (κ2) is 6.05. The first-order valence-corrected chi connectivity index (χ1v) is 7.55. The van der Waals surface area contributed by atoms with E-state index in [4.69, 9.17) is 11.6 Å². The zero-order chi connectivity index (χ0) is 16.6. The molecule has 2 heterocycles. The molecule has 0 unspecified atom stereocenters. The predicted octanol–water partition coefficient (Wildman–Crippen LogP) is 3.50. The van der Waals surface area contributed by atoms with E-state index < -0.39 is 6.36 Å². The van der Waals surface area contributed by atoms with Gasteiger partial charge in [-0.05, 0) is 13.0 Å². The van der Waals surface area contributed by atoms with Gasteiger partial charge in [-0.2, -0.15) is 0 Å². The first-order valence-electron chi connectivity index (χ1n) is 7.17. The number of benzene rings is 1. The maximum absolute atomic E-state index is 12.6. The highest BCUT2D eigenvalue weighted by molar-refractivity contribution is 6.35. The average molecular weight is 346 g/mol. The number of aromatic nitrogens is 1. The number of anilines is 1. The minimum atomic E-state index is -4.77. The van der Waals surface area contributed by atoms with Crippen molar-refractivity contribution in [1.82, 2.24) is 10.3 Å². The van der Waals surface area contributed by atoms with Crippen LogP contribution < -0.4 is 15.0 Å². The molecule has 0 radical (unpaired) electrons. The monoisotopic (exact) mass is 345 g/mol. The van der Waals surface area contributed by atoms with Crippen LogP contribution in [0.25, 0.3) is 10.9 Å². The molecule has 1 aliphatic rings. The number of ether oxygens (including phenoxy) is 1. The van der Waals surface area contributed by atoms with Gasteiger partial charge < -0.3 is 15.0 Å². The van der Waals surface area contributed by atoms with Gasteiger partial charge in [0.05, 0.1) is 16.4 Å². The minimum Gasteiger partial charge on any atom is -0.403 e. The lowest BCUT2D eigenvalue weighted by atomic mass is 10.1. The Kier molecular flexibility index (Phi) is 4.25. The number of nitrogens with zero attached hydrogens (tertiary/aromatic N) is 2. The van der Waals surface area contributed by atoms with E-state index in [1.54, 1.807) is 13.0 Å². The number of fused-ring (bicyclic) bond motifs is 1. The van der Waals surface area contributed by atoms with Crippen molar-refractivity contribution in [3.05, 3.63) is 28.9 Å². The molecule has 1 saturated heterocycles. The normalized spacial score (nSPS) is 16.0. The minimum absolute atomic E-state index is 0.167. The van der Waals surface area contributed by atoms with Gasteiger partial charge in [-0.3, -0.25) is 0 Å². The molecule has 1 N–H and O–H groups in total. The molecule has 23 heavy (non-hydrogen) atoms. The fraction of sp³-hybridized carbons (Fsp3) is 0.400. The number of aryl methyl sites for hydroxylation is 1. The van der Waals surface area contributed by atoms with Crippen molar-refractivity contribution in [2.75, 3.05) is 31.1 Å². The third-order valence-corrected chi connectivity index (χ3v) is 4.17. The molecule has 2 aromatic rings. The second-order valence-electron chi connectivity index (χ2n) is 5.30. The van der Waals surface area contributed by atoms with Gasteiger partial charge >= 0.3 is 6.36 Å². The van der Waals surface area contributed by atoms with Gasteiger partial charge in [0, 0.05) is 31.6 Å². The molecule has 0 atom stereocenters. The van der Waals surface area contributed by atoms with Crippen LogP contribution in [0.5, 0.6) is 5.75 Å². The quantitative estimate of drug-likeness (QED) is 0.904. The number of hydrogen-bond acceptors (Lipinski definition) is 4. The number of rotatable bonds is 2. The molecule has 0 spiro atoms. The third-order valence-electron chi connectivity index (χ3n) is 3.72. The Hall–Kier alpha value is -1.73. The average Bonchev–Trinajstić information content (AvgIpc) is 2.49. The molecule has 1 aliphatic heterocycles. The van der Waals surface area contributed by atoms with Gasteiger partial charge in [-0.25, -0.2) is 4.98 Å². The molecule has 0 amide bonds. The van der Waals surface area contributed by atoms with Crippen molar-refractivity contribution in [2.24, 2.45) is 0 Å². The van der Waals surface area contributed by atoms with Gasteiger partial charge in [-0.1, -0.05) is 23.7 Å². The number of pyridine rings is 1. The summed E-state index contributed by atoms with van der Waals surface area (Å²) in [6.07, 6.45) is -4.77. The molecule has 1 fully saturated rings. The predicted molar refractivity (Wildman–Crippen MR) is 83.3 cm³/mol. The van der Waals surface area contributed by atoms with Crippen LogP contribution in [0.4, 0.5) is 18.9 Å². The number of para-hydroxylation sites is 1. The number of nitrogens with one attached hydrogen (secondary N) is 1. The van der Waals surface area contributed by atoms with Crippen molar-refractivity contribution in [1.29, 1.82) is 0 Å². The Balaban J connectivity index is 2.19. The lowest BCUT2D eigenvalue weighted by Crippen LogP contribution is -2.43. The molecule has 1 aromatic carbocycles. The molecule has 1 aromatic heterocycles. The Labute approximate surface area is 136 Å². The van der Waals surface area contributed by atoms with Crippen LogP contribution in [0, 0.1) is 6.92 Å².